The van der Waals surface area contributed by atoms with Crippen molar-refractivity contribution in [3.63, 3.8) is 0 Å². The van der Waals surface area contributed by atoms with Crippen LogP contribution in [0.5, 0.6) is 0 Å². The standard InChI is InChI=1S/C14H14ClN5OS/c1-8-12(10-4-6-11(15)7-5-10)21-13(16-8)9(2)22-14-17-18-19-20(14)3/h4-7,9H,1-3H3/t9-/m1/s1. The molecular weight excluding hydrogens is 322 g/mol. The Kier molecular flexibility index (Phi) is 4.17. The van der Waals surface area contributed by atoms with E-state index in [4.69, 9.17) is 16.0 Å². The highest BCUT2D eigenvalue weighted by Crippen LogP contribution is 2.35. The molecule has 0 amide bonds. The van der Waals surface area contributed by atoms with Crippen molar-refractivity contribution in [1.29, 1.82) is 0 Å². The zero-order valence-corrected chi connectivity index (χ0v) is 13.9. The van der Waals surface area contributed by atoms with Crippen molar-refractivity contribution in [3.8, 4) is 11.3 Å². The predicted octanol–water partition coefficient (Wildman–Crippen LogP) is 3.68. The lowest BCUT2D eigenvalue weighted by Crippen LogP contribution is -1.96. The summed E-state index contributed by atoms with van der Waals surface area (Å²) in [5, 5.41) is 12.8. The minimum absolute atomic E-state index is 0.00412. The van der Waals surface area contributed by atoms with Gasteiger partial charge in [0.05, 0.1) is 10.9 Å². The van der Waals surface area contributed by atoms with Gasteiger partial charge in [-0.05, 0) is 48.5 Å². The van der Waals surface area contributed by atoms with Crippen LogP contribution in [-0.4, -0.2) is 25.2 Å². The number of halogens is 1. The fourth-order valence-electron chi connectivity index (χ4n) is 1.99. The minimum atomic E-state index is 0.00412. The molecule has 1 atom stereocenters. The summed E-state index contributed by atoms with van der Waals surface area (Å²) in [7, 11) is 1.80. The molecular formula is C14H14ClN5OS. The SMILES string of the molecule is Cc1nc([C@@H](C)Sc2nnnn2C)oc1-c1ccc(Cl)cc1. The Bertz CT molecular complexity index is 783. The van der Waals surface area contributed by atoms with Gasteiger partial charge in [-0.1, -0.05) is 23.4 Å². The van der Waals surface area contributed by atoms with Gasteiger partial charge in [0.25, 0.3) is 0 Å². The Morgan fingerprint density at radius 2 is 2.00 bits per heavy atom. The van der Waals surface area contributed by atoms with E-state index >= 15 is 0 Å². The Hall–Kier alpha value is -1.86. The van der Waals surface area contributed by atoms with Gasteiger partial charge in [0, 0.05) is 17.6 Å². The molecule has 0 saturated carbocycles. The van der Waals surface area contributed by atoms with Crippen LogP contribution in [-0.2, 0) is 7.05 Å². The van der Waals surface area contributed by atoms with E-state index in [9.17, 15) is 0 Å². The van der Waals surface area contributed by atoms with Crippen molar-refractivity contribution in [3.05, 3.63) is 40.9 Å². The Balaban J connectivity index is 1.85. The average Bonchev–Trinajstić information content (AvgIpc) is 3.07. The van der Waals surface area contributed by atoms with Crippen molar-refractivity contribution in [2.45, 2.75) is 24.3 Å². The zero-order valence-electron chi connectivity index (χ0n) is 12.3. The molecule has 0 aliphatic rings. The third kappa shape index (κ3) is 3.00. The van der Waals surface area contributed by atoms with E-state index in [0.717, 1.165) is 22.2 Å². The number of aryl methyl sites for hydroxylation is 2. The highest BCUT2D eigenvalue weighted by Gasteiger charge is 2.20. The summed E-state index contributed by atoms with van der Waals surface area (Å²) in [4.78, 5) is 4.52. The first-order chi connectivity index (χ1) is 10.5. The van der Waals surface area contributed by atoms with Gasteiger partial charge in [-0.2, -0.15) is 0 Å². The Labute approximate surface area is 136 Å². The highest BCUT2D eigenvalue weighted by molar-refractivity contribution is 7.99. The number of tetrazole rings is 1. The van der Waals surface area contributed by atoms with Gasteiger partial charge in [-0.15, -0.1) is 5.10 Å². The first kappa shape index (κ1) is 15.1. The summed E-state index contributed by atoms with van der Waals surface area (Å²) in [5.74, 6) is 1.41. The van der Waals surface area contributed by atoms with E-state index < -0.39 is 0 Å². The van der Waals surface area contributed by atoms with Crippen molar-refractivity contribution < 1.29 is 4.42 Å². The molecule has 0 fully saturated rings. The first-order valence-electron chi connectivity index (χ1n) is 6.67. The molecule has 1 aromatic carbocycles. The van der Waals surface area contributed by atoms with E-state index in [2.05, 4.69) is 20.5 Å². The molecule has 0 unspecified atom stereocenters. The van der Waals surface area contributed by atoms with Crippen LogP contribution in [0.25, 0.3) is 11.3 Å². The van der Waals surface area contributed by atoms with Crippen LogP contribution in [0.1, 0.15) is 23.8 Å². The second-order valence-corrected chi connectivity index (χ2v) is 6.56. The summed E-state index contributed by atoms with van der Waals surface area (Å²) < 4.78 is 7.56. The number of benzene rings is 1. The highest BCUT2D eigenvalue weighted by atomic mass is 35.5. The van der Waals surface area contributed by atoms with Crippen LogP contribution in [0.4, 0.5) is 0 Å². The summed E-state index contributed by atoms with van der Waals surface area (Å²) in [6, 6.07) is 7.51. The maximum Gasteiger partial charge on any atom is 0.209 e. The molecule has 114 valence electrons. The molecule has 0 radical (unpaired) electrons. The molecule has 0 saturated heterocycles. The van der Waals surface area contributed by atoms with Gasteiger partial charge in [-0.3, -0.25) is 0 Å². The first-order valence-corrected chi connectivity index (χ1v) is 7.92. The molecule has 0 spiro atoms. The van der Waals surface area contributed by atoms with Gasteiger partial charge in [0.1, 0.15) is 0 Å². The van der Waals surface area contributed by atoms with Crippen LogP contribution in [0.2, 0.25) is 5.02 Å². The zero-order chi connectivity index (χ0) is 15.7. The third-order valence-corrected chi connectivity index (χ3v) is 4.49. The molecule has 2 heterocycles. The smallest absolute Gasteiger partial charge is 0.209 e. The fraction of sp³-hybridized carbons (Fsp3) is 0.286. The third-order valence-electron chi connectivity index (χ3n) is 3.13. The predicted molar refractivity (Wildman–Crippen MR) is 84.8 cm³/mol. The molecule has 2 aromatic heterocycles. The lowest BCUT2D eigenvalue weighted by atomic mass is 10.1. The Morgan fingerprint density at radius 3 is 2.64 bits per heavy atom. The molecule has 0 N–H and O–H groups in total. The lowest BCUT2D eigenvalue weighted by Gasteiger charge is -2.04. The van der Waals surface area contributed by atoms with Crippen molar-refractivity contribution in [2.24, 2.45) is 7.05 Å². The molecule has 8 heteroatoms. The summed E-state index contributed by atoms with van der Waals surface area (Å²) >= 11 is 7.42. The molecule has 0 aliphatic heterocycles. The second-order valence-electron chi connectivity index (χ2n) is 4.82. The quantitative estimate of drug-likeness (QED) is 0.677. The van der Waals surface area contributed by atoms with E-state index in [0.29, 0.717) is 10.9 Å². The number of hydrogen-bond acceptors (Lipinski definition) is 6. The van der Waals surface area contributed by atoms with Crippen LogP contribution in [0.3, 0.4) is 0 Å². The minimum Gasteiger partial charge on any atom is -0.439 e. The topological polar surface area (TPSA) is 69.6 Å². The van der Waals surface area contributed by atoms with Gasteiger partial charge < -0.3 is 4.42 Å². The van der Waals surface area contributed by atoms with Crippen LogP contribution < -0.4 is 0 Å². The molecule has 0 bridgehead atoms. The van der Waals surface area contributed by atoms with Gasteiger partial charge in [-0.25, -0.2) is 9.67 Å². The summed E-state index contributed by atoms with van der Waals surface area (Å²) in [6.45, 7) is 3.94. The van der Waals surface area contributed by atoms with Crippen molar-refractivity contribution in [2.75, 3.05) is 0 Å². The van der Waals surface area contributed by atoms with Gasteiger partial charge >= 0.3 is 0 Å². The lowest BCUT2D eigenvalue weighted by molar-refractivity contribution is 0.509. The van der Waals surface area contributed by atoms with Crippen LogP contribution in [0, 0.1) is 6.92 Å². The van der Waals surface area contributed by atoms with E-state index in [1.54, 1.807) is 11.7 Å². The Morgan fingerprint density at radius 1 is 1.27 bits per heavy atom. The van der Waals surface area contributed by atoms with E-state index in [-0.39, 0.29) is 5.25 Å². The normalized spacial score (nSPS) is 12.5. The van der Waals surface area contributed by atoms with Gasteiger partial charge in [0.2, 0.25) is 11.0 Å². The second kappa shape index (κ2) is 6.10. The number of thioether (sulfide) groups is 1. The van der Waals surface area contributed by atoms with Crippen molar-refractivity contribution >= 4 is 23.4 Å². The number of rotatable bonds is 4. The monoisotopic (exact) mass is 335 g/mol. The molecule has 22 heavy (non-hydrogen) atoms. The summed E-state index contributed by atoms with van der Waals surface area (Å²) in [5.41, 5.74) is 1.80. The van der Waals surface area contributed by atoms with Crippen LogP contribution >= 0.6 is 23.4 Å². The van der Waals surface area contributed by atoms with E-state index in [1.165, 1.54) is 11.8 Å². The fourth-order valence-corrected chi connectivity index (χ4v) is 2.91. The maximum absolute atomic E-state index is 5.94. The molecule has 6 nitrogen and oxygen atoms in total. The van der Waals surface area contributed by atoms with Gasteiger partial charge in [0.15, 0.2) is 5.76 Å². The molecule has 0 aliphatic carbocycles. The summed E-state index contributed by atoms with van der Waals surface area (Å²) in [6.07, 6.45) is 0. The molecule has 3 rings (SSSR count). The van der Waals surface area contributed by atoms with Crippen molar-refractivity contribution in [1.82, 2.24) is 25.2 Å². The maximum atomic E-state index is 5.94. The average molecular weight is 336 g/mol. The number of hydrogen-bond donors (Lipinski definition) is 0. The number of oxazole rings is 1. The van der Waals surface area contributed by atoms with E-state index in [1.807, 2.05) is 38.1 Å². The number of nitrogens with zero attached hydrogens (tertiary/aromatic N) is 5. The largest absolute Gasteiger partial charge is 0.439 e. The van der Waals surface area contributed by atoms with Crippen LogP contribution in [0.15, 0.2) is 33.8 Å². The molecule has 3 aromatic rings. The number of aromatic nitrogens is 5.